The molecule has 2 N–H and O–H groups in total. The molecule has 1 amide bonds. The minimum absolute atomic E-state index is 0.199. The molecule has 1 heterocycles. The first-order chi connectivity index (χ1) is 8.84. The molecule has 5 nitrogen and oxygen atoms in total. The monoisotopic (exact) mass is 246 g/mol. The van der Waals surface area contributed by atoms with Crippen LogP contribution in [0.3, 0.4) is 0 Å². The summed E-state index contributed by atoms with van der Waals surface area (Å²) >= 11 is 0. The molecule has 0 saturated heterocycles. The van der Waals surface area contributed by atoms with Crippen molar-refractivity contribution in [3.63, 3.8) is 0 Å². The van der Waals surface area contributed by atoms with Crippen LogP contribution in [0.1, 0.15) is 30.5 Å². The van der Waals surface area contributed by atoms with Crippen molar-refractivity contribution in [3.8, 4) is 0 Å². The Balaban J connectivity index is 1.48. The molecule has 1 aromatic rings. The number of aryl methyl sites for hydroxylation is 1. The van der Waals surface area contributed by atoms with Crippen molar-refractivity contribution < 1.29 is 4.79 Å². The standard InChI is InChI=1S/C13H18N4O/c18-13(9-4-5-9)15-7-6-14-12-10-2-1-3-11(10)16-8-17-12/h8-9H,1-7H2,(H,15,18)(H,14,16,17). The van der Waals surface area contributed by atoms with Crippen LogP contribution < -0.4 is 10.6 Å². The molecule has 1 aromatic heterocycles. The Morgan fingerprint density at radius 3 is 3.00 bits per heavy atom. The summed E-state index contributed by atoms with van der Waals surface area (Å²) in [6, 6.07) is 0. The lowest BCUT2D eigenvalue weighted by molar-refractivity contribution is -0.122. The van der Waals surface area contributed by atoms with E-state index in [-0.39, 0.29) is 11.8 Å². The molecule has 0 bridgehead atoms. The number of aromatic nitrogens is 2. The Hall–Kier alpha value is -1.65. The topological polar surface area (TPSA) is 66.9 Å². The highest BCUT2D eigenvalue weighted by molar-refractivity contribution is 5.80. The molecule has 0 aliphatic heterocycles. The quantitative estimate of drug-likeness (QED) is 0.758. The van der Waals surface area contributed by atoms with Crippen LogP contribution in [0.15, 0.2) is 6.33 Å². The first-order valence-corrected chi connectivity index (χ1v) is 6.69. The van der Waals surface area contributed by atoms with Crippen molar-refractivity contribution in [3.05, 3.63) is 17.6 Å². The second kappa shape index (κ2) is 4.92. The Kier molecular flexibility index (Phi) is 3.13. The van der Waals surface area contributed by atoms with Gasteiger partial charge in [-0.25, -0.2) is 9.97 Å². The Morgan fingerprint density at radius 1 is 1.28 bits per heavy atom. The summed E-state index contributed by atoms with van der Waals surface area (Å²) in [5.74, 6) is 1.43. The normalized spacial score (nSPS) is 17.3. The van der Waals surface area contributed by atoms with Crippen LogP contribution in [0.2, 0.25) is 0 Å². The average molecular weight is 246 g/mol. The van der Waals surface area contributed by atoms with E-state index in [1.54, 1.807) is 6.33 Å². The molecule has 1 saturated carbocycles. The second-order valence-electron chi connectivity index (χ2n) is 4.99. The van der Waals surface area contributed by atoms with E-state index < -0.39 is 0 Å². The van der Waals surface area contributed by atoms with E-state index in [1.807, 2.05) is 0 Å². The number of nitrogens with zero attached hydrogens (tertiary/aromatic N) is 2. The molecule has 2 aliphatic rings. The van der Waals surface area contributed by atoms with Crippen molar-refractivity contribution in [2.24, 2.45) is 5.92 Å². The van der Waals surface area contributed by atoms with E-state index in [0.717, 1.165) is 38.0 Å². The van der Waals surface area contributed by atoms with Gasteiger partial charge in [0.05, 0.1) is 0 Å². The Morgan fingerprint density at radius 2 is 2.17 bits per heavy atom. The van der Waals surface area contributed by atoms with Gasteiger partial charge in [0.1, 0.15) is 12.1 Å². The fourth-order valence-corrected chi connectivity index (χ4v) is 2.37. The fourth-order valence-electron chi connectivity index (χ4n) is 2.37. The lowest BCUT2D eigenvalue weighted by atomic mass is 10.2. The summed E-state index contributed by atoms with van der Waals surface area (Å²) in [7, 11) is 0. The fraction of sp³-hybridized carbons (Fsp3) is 0.615. The molecule has 0 aromatic carbocycles. The van der Waals surface area contributed by atoms with Gasteiger partial charge in [0.25, 0.3) is 0 Å². The molecule has 2 aliphatic carbocycles. The number of anilines is 1. The summed E-state index contributed by atoms with van der Waals surface area (Å²) in [4.78, 5) is 20.0. The first kappa shape index (κ1) is 11.4. The largest absolute Gasteiger partial charge is 0.368 e. The van der Waals surface area contributed by atoms with Crippen LogP contribution in [-0.4, -0.2) is 29.0 Å². The van der Waals surface area contributed by atoms with Crippen molar-refractivity contribution in [2.75, 3.05) is 18.4 Å². The van der Waals surface area contributed by atoms with E-state index in [1.165, 1.54) is 17.7 Å². The van der Waals surface area contributed by atoms with Crippen LogP contribution in [0.25, 0.3) is 0 Å². The van der Waals surface area contributed by atoms with Gasteiger partial charge >= 0.3 is 0 Å². The van der Waals surface area contributed by atoms with Crippen LogP contribution in [0.5, 0.6) is 0 Å². The molecule has 0 spiro atoms. The molecule has 0 unspecified atom stereocenters. The number of fused-ring (bicyclic) bond motifs is 1. The van der Waals surface area contributed by atoms with Gasteiger partial charge in [-0.15, -0.1) is 0 Å². The van der Waals surface area contributed by atoms with E-state index >= 15 is 0 Å². The molecule has 3 rings (SSSR count). The van der Waals surface area contributed by atoms with E-state index in [0.29, 0.717) is 6.54 Å². The maximum Gasteiger partial charge on any atom is 0.223 e. The van der Waals surface area contributed by atoms with Crippen LogP contribution >= 0.6 is 0 Å². The first-order valence-electron chi connectivity index (χ1n) is 6.69. The summed E-state index contributed by atoms with van der Waals surface area (Å²) < 4.78 is 0. The summed E-state index contributed by atoms with van der Waals surface area (Å²) in [5.41, 5.74) is 2.43. The number of carbonyl (C=O) groups excluding carboxylic acids is 1. The molecular weight excluding hydrogens is 228 g/mol. The van der Waals surface area contributed by atoms with Crippen LogP contribution in [0.4, 0.5) is 5.82 Å². The zero-order valence-electron chi connectivity index (χ0n) is 10.4. The number of carbonyl (C=O) groups is 1. The number of amides is 1. The maximum atomic E-state index is 11.4. The molecule has 96 valence electrons. The van der Waals surface area contributed by atoms with E-state index in [4.69, 9.17) is 0 Å². The molecule has 5 heteroatoms. The zero-order valence-corrected chi connectivity index (χ0v) is 10.4. The predicted molar refractivity (Wildman–Crippen MR) is 68.3 cm³/mol. The van der Waals surface area contributed by atoms with Gasteiger partial charge in [-0.2, -0.15) is 0 Å². The van der Waals surface area contributed by atoms with Crippen molar-refractivity contribution >= 4 is 11.7 Å². The minimum Gasteiger partial charge on any atom is -0.368 e. The summed E-state index contributed by atoms with van der Waals surface area (Å²) in [5, 5.41) is 6.23. The van der Waals surface area contributed by atoms with E-state index in [9.17, 15) is 4.79 Å². The lowest BCUT2D eigenvalue weighted by Crippen LogP contribution is -2.30. The average Bonchev–Trinajstić information content (AvgIpc) is 3.12. The van der Waals surface area contributed by atoms with Gasteiger partial charge in [-0.05, 0) is 32.1 Å². The SMILES string of the molecule is O=C(NCCNc1ncnc2c1CCC2)C1CC1. The minimum atomic E-state index is 0.199. The summed E-state index contributed by atoms with van der Waals surface area (Å²) in [6.45, 7) is 1.38. The van der Waals surface area contributed by atoms with Gasteiger partial charge < -0.3 is 10.6 Å². The van der Waals surface area contributed by atoms with Gasteiger partial charge in [0.2, 0.25) is 5.91 Å². The summed E-state index contributed by atoms with van der Waals surface area (Å²) in [6.07, 6.45) is 7.02. The Bertz CT molecular complexity index is 456. The van der Waals surface area contributed by atoms with Crippen LogP contribution in [-0.2, 0) is 17.6 Å². The lowest BCUT2D eigenvalue weighted by Gasteiger charge is -2.10. The smallest absolute Gasteiger partial charge is 0.223 e. The van der Waals surface area contributed by atoms with Crippen LogP contribution in [0, 0.1) is 5.92 Å². The molecular formula is C13H18N4O. The highest BCUT2D eigenvalue weighted by atomic mass is 16.2. The molecule has 0 atom stereocenters. The third-order valence-corrected chi connectivity index (χ3v) is 3.54. The van der Waals surface area contributed by atoms with Gasteiger partial charge in [-0.1, -0.05) is 0 Å². The number of rotatable bonds is 5. The molecule has 0 radical (unpaired) electrons. The zero-order chi connectivity index (χ0) is 12.4. The van der Waals surface area contributed by atoms with Crippen molar-refractivity contribution in [1.82, 2.24) is 15.3 Å². The number of hydrogen-bond donors (Lipinski definition) is 2. The third-order valence-electron chi connectivity index (χ3n) is 3.54. The number of nitrogens with one attached hydrogen (secondary N) is 2. The second-order valence-corrected chi connectivity index (χ2v) is 4.99. The molecule has 1 fully saturated rings. The number of hydrogen-bond acceptors (Lipinski definition) is 4. The predicted octanol–water partition coefficient (Wildman–Crippen LogP) is 0.903. The highest BCUT2D eigenvalue weighted by Gasteiger charge is 2.29. The Labute approximate surface area is 106 Å². The third kappa shape index (κ3) is 2.44. The van der Waals surface area contributed by atoms with Gasteiger partial charge in [0, 0.05) is 30.3 Å². The molecule has 18 heavy (non-hydrogen) atoms. The van der Waals surface area contributed by atoms with Crippen molar-refractivity contribution in [2.45, 2.75) is 32.1 Å². The maximum absolute atomic E-state index is 11.4. The van der Waals surface area contributed by atoms with E-state index in [2.05, 4.69) is 20.6 Å². The van der Waals surface area contributed by atoms with Gasteiger partial charge in [-0.3, -0.25) is 4.79 Å². The highest BCUT2D eigenvalue weighted by Crippen LogP contribution is 2.28. The van der Waals surface area contributed by atoms with Crippen molar-refractivity contribution in [1.29, 1.82) is 0 Å². The van der Waals surface area contributed by atoms with Gasteiger partial charge in [0.15, 0.2) is 0 Å².